The largest absolute Gasteiger partial charge is 0.473 e. The third-order valence-electron chi connectivity index (χ3n) is 3.38. The van der Waals surface area contributed by atoms with Crippen molar-refractivity contribution >= 4 is 0 Å². The third kappa shape index (κ3) is 3.32. The summed E-state index contributed by atoms with van der Waals surface area (Å²) in [6, 6.07) is 1.44. The number of hydrogen-bond acceptors (Lipinski definition) is 4. The molecule has 0 aliphatic heterocycles. The SMILES string of the molecule is CCc1nc(OC2CCCCCC2N)cc(=O)[nH]1. The van der Waals surface area contributed by atoms with Crippen LogP contribution in [0.2, 0.25) is 0 Å². The molecule has 0 aromatic carbocycles. The highest BCUT2D eigenvalue weighted by atomic mass is 16.5. The number of nitrogens with two attached hydrogens (primary N) is 1. The van der Waals surface area contributed by atoms with Crippen molar-refractivity contribution in [3.63, 3.8) is 0 Å². The van der Waals surface area contributed by atoms with Crippen molar-refractivity contribution in [3.05, 3.63) is 22.2 Å². The van der Waals surface area contributed by atoms with Crippen molar-refractivity contribution in [1.82, 2.24) is 9.97 Å². The van der Waals surface area contributed by atoms with E-state index >= 15 is 0 Å². The van der Waals surface area contributed by atoms with Crippen LogP contribution in [0.4, 0.5) is 0 Å². The Bertz CT molecular complexity index is 444. The van der Waals surface area contributed by atoms with Gasteiger partial charge < -0.3 is 15.5 Å². The fraction of sp³-hybridized carbons (Fsp3) is 0.692. The summed E-state index contributed by atoms with van der Waals surface area (Å²) in [7, 11) is 0. The first-order chi connectivity index (χ1) is 8.69. The summed E-state index contributed by atoms with van der Waals surface area (Å²) in [5, 5.41) is 0. The number of aromatic amines is 1. The smallest absolute Gasteiger partial charge is 0.254 e. The van der Waals surface area contributed by atoms with E-state index in [1.165, 1.54) is 12.5 Å². The van der Waals surface area contributed by atoms with Crippen molar-refractivity contribution in [2.24, 2.45) is 5.73 Å². The van der Waals surface area contributed by atoms with E-state index < -0.39 is 0 Å². The zero-order valence-corrected chi connectivity index (χ0v) is 10.8. The van der Waals surface area contributed by atoms with Gasteiger partial charge in [-0.3, -0.25) is 4.79 Å². The number of aryl methyl sites for hydroxylation is 1. The predicted molar refractivity (Wildman–Crippen MR) is 69.7 cm³/mol. The summed E-state index contributed by atoms with van der Waals surface area (Å²) in [6.07, 6.45) is 6.07. The molecule has 1 fully saturated rings. The molecule has 1 aliphatic rings. The monoisotopic (exact) mass is 251 g/mol. The van der Waals surface area contributed by atoms with E-state index in [2.05, 4.69) is 9.97 Å². The minimum Gasteiger partial charge on any atom is -0.473 e. The lowest BCUT2D eigenvalue weighted by Gasteiger charge is -2.22. The molecular weight excluding hydrogens is 230 g/mol. The Labute approximate surface area is 107 Å². The molecule has 2 unspecified atom stereocenters. The van der Waals surface area contributed by atoms with Gasteiger partial charge >= 0.3 is 0 Å². The van der Waals surface area contributed by atoms with E-state index in [1.54, 1.807) is 0 Å². The van der Waals surface area contributed by atoms with Crippen LogP contribution in [0.3, 0.4) is 0 Å². The van der Waals surface area contributed by atoms with Crippen LogP contribution in [0.15, 0.2) is 10.9 Å². The molecule has 5 heteroatoms. The molecule has 0 bridgehead atoms. The van der Waals surface area contributed by atoms with Crippen LogP contribution in [0.1, 0.15) is 44.9 Å². The molecule has 0 radical (unpaired) electrons. The molecule has 100 valence electrons. The van der Waals surface area contributed by atoms with E-state index in [-0.39, 0.29) is 17.7 Å². The first kappa shape index (κ1) is 13.1. The maximum Gasteiger partial charge on any atom is 0.254 e. The minimum absolute atomic E-state index is 0.0218. The van der Waals surface area contributed by atoms with E-state index in [1.807, 2.05) is 6.92 Å². The van der Waals surface area contributed by atoms with Crippen molar-refractivity contribution in [2.45, 2.75) is 57.6 Å². The van der Waals surface area contributed by atoms with Gasteiger partial charge in [-0.05, 0) is 19.3 Å². The van der Waals surface area contributed by atoms with Gasteiger partial charge in [-0.2, -0.15) is 0 Å². The molecule has 5 nitrogen and oxygen atoms in total. The quantitative estimate of drug-likeness (QED) is 0.795. The topological polar surface area (TPSA) is 81.0 Å². The summed E-state index contributed by atoms with van der Waals surface area (Å²) in [5.74, 6) is 1.05. The van der Waals surface area contributed by atoms with Gasteiger partial charge in [-0.25, -0.2) is 4.98 Å². The first-order valence-electron chi connectivity index (χ1n) is 6.71. The van der Waals surface area contributed by atoms with Gasteiger partial charge in [0.05, 0.1) is 6.07 Å². The van der Waals surface area contributed by atoms with Gasteiger partial charge in [0.2, 0.25) is 5.88 Å². The van der Waals surface area contributed by atoms with Crippen LogP contribution in [0.5, 0.6) is 5.88 Å². The molecule has 18 heavy (non-hydrogen) atoms. The summed E-state index contributed by atoms with van der Waals surface area (Å²) in [6.45, 7) is 1.94. The Hall–Kier alpha value is -1.36. The Balaban J connectivity index is 2.12. The predicted octanol–water partition coefficient (Wildman–Crippen LogP) is 1.37. The van der Waals surface area contributed by atoms with E-state index in [0.717, 1.165) is 25.7 Å². The Morgan fingerprint density at radius 2 is 2.22 bits per heavy atom. The zero-order chi connectivity index (χ0) is 13.0. The molecule has 0 amide bonds. The second-order valence-corrected chi connectivity index (χ2v) is 4.84. The lowest BCUT2D eigenvalue weighted by atomic mass is 10.1. The van der Waals surface area contributed by atoms with Crippen LogP contribution >= 0.6 is 0 Å². The summed E-state index contributed by atoms with van der Waals surface area (Å²) in [4.78, 5) is 18.4. The molecule has 2 atom stereocenters. The Morgan fingerprint density at radius 1 is 1.44 bits per heavy atom. The van der Waals surface area contributed by atoms with E-state index in [9.17, 15) is 4.79 Å². The highest BCUT2D eigenvalue weighted by molar-refractivity contribution is 5.09. The number of H-pyrrole nitrogens is 1. The highest BCUT2D eigenvalue weighted by Gasteiger charge is 2.22. The van der Waals surface area contributed by atoms with Crippen molar-refractivity contribution in [1.29, 1.82) is 0 Å². The normalized spacial score (nSPS) is 24.6. The van der Waals surface area contributed by atoms with Gasteiger partial charge in [0.25, 0.3) is 5.56 Å². The fourth-order valence-corrected chi connectivity index (χ4v) is 2.32. The van der Waals surface area contributed by atoms with Crippen LogP contribution in [0, 0.1) is 0 Å². The van der Waals surface area contributed by atoms with Gasteiger partial charge in [0.15, 0.2) is 0 Å². The zero-order valence-electron chi connectivity index (χ0n) is 10.8. The third-order valence-corrected chi connectivity index (χ3v) is 3.38. The van der Waals surface area contributed by atoms with Crippen molar-refractivity contribution < 1.29 is 4.74 Å². The minimum atomic E-state index is -0.168. The number of aromatic nitrogens is 2. The maximum absolute atomic E-state index is 11.5. The first-order valence-corrected chi connectivity index (χ1v) is 6.71. The molecule has 0 spiro atoms. The molecule has 1 saturated carbocycles. The van der Waals surface area contributed by atoms with Crippen LogP contribution in [-0.2, 0) is 6.42 Å². The number of nitrogens with zero attached hydrogens (tertiary/aromatic N) is 1. The second kappa shape index (κ2) is 6.00. The number of nitrogens with one attached hydrogen (secondary N) is 1. The lowest BCUT2D eigenvalue weighted by molar-refractivity contribution is 0.155. The van der Waals surface area contributed by atoms with Crippen LogP contribution < -0.4 is 16.0 Å². The van der Waals surface area contributed by atoms with Crippen LogP contribution in [0.25, 0.3) is 0 Å². The van der Waals surface area contributed by atoms with Gasteiger partial charge in [-0.15, -0.1) is 0 Å². The number of ether oxygens (including phenoxy) is 1. The molecule has 0 saturated heterocycles. The molecule has 1 aliphatic carbocycles. The molecule has 2 rings (SSSR count). The van der Waals surface area contributed by atoms with E-state index in [4.69, 9.17) is 10.5 Å². The average Bonchev–Trinajstić information content (AvgIpc) is 2.54. The number of hydrogen-bond donors (Lipinski definition) is 2. The molecule has 1 heterocycles. The average molecular weight is 251 g/mol. The summed E-state index contributed by atoms with van der Waals surface area (Å²) >= 11 is 0. The molecule has 3 N–H and O–H groups in total. The summed E-state index contributed by atoms with van der Waals surface area (Å²) < 4.78 is 5.81. The molecular formula is C13H21N3O2. The van der Waals surface area contributed by atoms with Gasteiger partial charge in [-0.1, -0.05) is 19.8 Å². The Kier molecular flexibility index (Phi) is 4.36. The summed E-state index contributed by atoms with van der Waals surface area (Å²) in [5.41, 5.74) is 5.93. The molecule has 1 aromatic rings. The fourth-order valence-electron chi connectivity index (χ4n) is 2.32. The molecule has 1 aromatic heterocycles. The Morgan fingerprint density at radius 3 is 3.00 bits per heavy atom. The standard InChI is InChI=1S/C13H21N3O2/c1-2-11-15-12(17)8-13(16-11)18-10-7-5-3-4-6-9(10)14/h8-10H,2-7,14H2,1H3,(H,15,16,17). The lowest BCUT2D eigenvalue weighted by Crippen LogP contribution is -2.38. The van der Waals surface area contributed by atoms with Crippen molar-refractivity contribution in [3.8, 4) is 5.88 Å². The number of rotatable bonds is 3. The van der Waals surface area contributed by atoms with E-state index in [0.29, 0.717) is 18.1 Å². The highest BCUT2D eigenvalue weighted by Crippen LogP contribution is 2.20. The second-order valence-electron chi connectivity index (χ2n) is 4.84. The van der Waals surface area contributed by atoms with Crippen molar-refractivity contribution in [2.75, 3.05) is 0 Å². The van der Waals surface area contributed by atoms with Gasteiger partial charge in [0, 0.05) is 12.5 Å². The van der Waals surface area contributed by atoms with Gasteiger partial charge in [0.1, 0.15) is 11.9 Å². The maximum atomic E-state index is 11.5. The van der Waals surface area contributed by atoms with Crippen LogP contribution in [-0.4, -0.2) is 22.1 Å².